The summed E-state index contributed by atoms with van der Waals surface area (Å²) in [7, 11) is 0. The molecule has 2 unspecified atom stereocenters. The molecule has 0 spiro atoms. The molecule has 0 aromatic carbocycles. The highest BCUT2D eigenvalue weighted by molar-refractivity contribution is 7.16. The third-order valence-electron chi connectivity index (χ3n) is 3.81. The van der Waals surface area contributed by atoms with Gasteiger partial charge in [-0.05, 0) is 36.1 Å². The van der Waals surface area contributed by atoms with Crippen LogP contribution in [0.1, 0.15) is 19.3 Å². The van der Waals surface area contributed by atoms with E-state index in [4.69, 9.17) is 11.6 Å². The highest BCUT2D eigenvalue weighted by Crippen LogP contribution is 2.33. The van der Waals surface area contributed by atoms with E-state index >= 15 is 0 Å². The zero-order chi connectivity index (χ0) is 12.4. The minimum absolute atomic E-state index is 0.666. The maximum absolute atomic E-state index is 6.01. The summed E-state index contributed by atoms with van der Waals surface area (Å²) in [6.45, 7) is 0.972. The average molecular weight is 282 g/mol. The molecule has 0 amide bonds. The first-order valence-corrected chi connectivity index (χ1v) is 7.78. The van der Waals surface area contributed by atoms with E-state index < -0.39 is 0 Å². The number of anilines is 1. The van der Waals surface area contributed by atoms with Crippen LogP contribution in [0.25, 0.3) is 10.2 Å². The fourth-order valence-electron chi connectivity index (χ4n) is 2.74. The Labute approximate surface area is 116 Å². The van der Waals surface area contributed by atoms with E-state index in [-0.39, 0.29) is 0 Å². The van der Waals surface area contributed by atoms with Crippen LogP contribution in [0.5, 0.6) is 0 Å². The van der Waals surface area contributed by atoms with Gasteiger partial charge in [-0.3, -0.25) is 0 Å². The lowest BCUT2D eigenvalue weighted by Crippen LogP contribution is -2.19. The van der Waals surface area contributed by atoms with Crippen LogP contribution in [-0.2, 0) is 0 Å². The van der Waals surface area contributed by atoms with Gasteiger partial charge in [-0.2, -0.15) is 0 Å². The molecule has 1 saturated carbocycles. The van der Waals surface area contributed by atoms with Crippen LogP contribution in [0.15, 0.2) is 17.8 Å². The van der Waals surface area contributed by atoms with Gasteiger partial charge in [0, 0.05) is 12.4 Å². The normalized spacial score (nSPS) is 23.6. The Morgan fingerprint density at radius 3 is 3.11 bits per heavy atom. The van der Waals surface area contributed by atoms with Crippen molar-refractivity contribution in [2.75, 3.05) is 17.7 Å². The average Bonchev–Trinajstić information content (AvgIpc) is 3.04. The van der Waals surface area contributed by atoms with Crippen molar-refractivity contribution < 1.29 is 0 Å². The number of aromatic nitrogens is 2. The molecule has 1 N–H and O–H groups in total. The minimum Gasteiger partial charge on any atom is -0.369 e. The first-order valence-electron chi connectivity index (χ1n) is 6.36. The number of halogens is 1. The van der Waals surface area contributed by atoms with E-state index in [9.17, 15) is 0 Å². The number of thiophene rings is 1. The molecule has 0 radical (unpaired) electrons. The number of hydrogen-bond acceptors (Lipinski definition) is 4. The van der Waals surface area contributed by atoms with Crippen molar-refractivity contribution in [3.05, 3.63) is 17.8 Å². The molecule has 3 rings (SSSR count). The Morgan fingerprint density at radius 2 is 2.22 bits per heavy atom. The molecule has 0 saturated heterocycles. The second-order valence-corrected chi connectivity index (χ2v) is 6.05. The first kappa shape index (κ1) is 12.2. The predicted octanol–water partition coefficient (Wildman–Crippen LogP) is 3.76. The summed E-state index contributed by atoms with van der Waals surface area (Å²) >= 11 is 7.66. The van der Waals surface area contributed by atoms with Gasteiger partial charge >= 0.3 is 0 Å². The van der Waals surface area contributed by atoms with Crippen LogP contribution in [0.2, 0.25) is 0 Å². The SMILES string of the molecule is ClCC1CCCC1CNc1ncnc2sccc12. The standard InChI is InChI=1S/C13H16ClN3S/c14-6-9-2-1-3-10(9)7-15-12-11-4-5-18-13(11)17-8-16-12/h4-5,8-10H,1-3,6-7H2,(H,15,16,17). The van der Waals surface area contributed by atoms with Crippen LogP contribution in [0.3, 0.4) is 0 Å². The molecule has 96 valence electrons. The number of nitrogens with one attached hydrogen (secondary N) is 1. The smallest absolute Gasteiger partial charge is 0.138 e. The number of nitrogens with zero attached hydrogens (tertiary/aromatic N) is 2. The van der Waals surface area contributed by atoms with Crippen LogP contribution in [0.4, 0.5) is 5.82 Å². The second-order valence-electron chi connectivity index (χ2n) is 4.85. The van der Waals surface area contributed by atoms with Crippen LogP contribution >= 0.6 is 22.9 Å². The Kier molecular flexibility index (Phi) is 3.66. The number of fused-ring (bicyclic) bond motifs is 1. The number of alkyl halides is 1. The first-order chi connectivity index (χ1) is 8.88. The minimum atomic E-state index is 0.666. The molecule has 2 heterocycles. The molecule has 2 atom stereocenters. The Morgan fingerprint density at radius 1 is 1.33 bits per heavy atom. The molecule has 2 aromatic heterocycles. The molecule has 18 heavy (non-hydrogen) atoms. The van der Waals surface area contributed by atoms with Crippen LogP contribution in [-0.4, -0.2) is 22.4 Å². The summed E-state index contributed by atoms with van der Waals surface area (Å²) in [5.74, 6) is 3.09. The number of rotatable bonds is 4. The lowest BCUT2D eigenvalue weighted by Gasteiger charge is -2.18. The van der Waals surface area contributed by atoms with Crippen molar-refractivity contribution in [1.29, 1.82) is 0 Å². The van der Waals surface area contributed by atoms with Crippen molar-refractivity contribution in [1.82, 2.24) is 9.97 Å². The molecule has 1 aliphatic carbocycles. The lowest BCUT2D eigenvalue weighted by molar-refractivity contribution is 0.444. The monoisotopic (exact) mass is 281 g/mol. The topological polar surface area (TPSA) is 37.8 Å². The van der Waals surface area contributed by atoms with Crippen molar-refractivity contribution in [3.63, 3.8) is 0 Å². The second kappa shape index (κ2) is 5.41. The van der Waals surface area contributed by atoms with Crippen LogP contribution in [0, 0.1) is 11.8 Å². The zero-order valence-electron chi connectivity index (χ0n) is 10.1. The van der Waals surface area contributed by atoms with E-state index in [0.29, 0.717) is 11.8 Å². The van der Waals surface area contributed by atoms with E-state index in [0.717, 1.165) is 28.5 Å². The summed E-state index contributed by atoms with van der Waals surface area (Å²) in [6.07, 6.45) is 5.49. The summed E-state index contributed by atoms with van der Waals surface area (Å²) in [6, 6.07) is 2.08. The summed E-state index contributed by atoms with van der Waals surface area (Å²) < 4.78 is 0. The number of hydrogen-bond donors (Lipinski definition) is 1. The van der Waals surface area contributed by atoms with Crippen molar-refractivity contribution in [2.45, 2.75) is 19.3 Å². The largest absolute Gasteiger partial charge is 0.369 e. The maximum atomic E-state index is 6.01. The van der Waals surface area contributed by atoms with E-state index in [2.05, 4.69) is 26.7 Å². The van der Waals surface area contributed by atoms with E-state index in [1.807, 2.05) is 0 Å². The van der Waals surface area contributed by atoms with Gasteiger partial charge in [0.2, 0.25) is 0 Å². The molecule has 5 heteroatoms. The van der Waals surface area contributed by atoms with Gasteiger partial charge in [0.25, 0.3) is 0 Å². The fourth-order valence-corrected chi connectivity index (χ4v) is 3.88. The van der Waals surface area contributed by atoms with Crippen LogP contribution < -0.4 is 5.32 Å². The Bertz CT molecular complexity index is 528. The Balaban J connectivity index is 1.71. The van der Waals surface area contributed by atoms with Crippen molar-refractivity contribution >= 4 is 39.0 Å². The van der Waals surface area contributed by atoms with Crippen molar-refractivity contribution in [2.24, 2.45) is 11.8 Å². The van der Waals surface area contributed by atoms with Gasteiger partial charge in [0.05, 0.1) is 5.39 Å². The Hall–Kier alpha value is -0.870. The zero-order valence-corrected chi connectivity index (χ0v) is 11.7. The van der Waals surface area contributed by atoms with Gasteiger partial charge in [-0.15, -0.1) is 22.9 Å². The molecule has 1 fully saturated rings. The highest BCUT2D eigenvalue weighted by atomic mass is 35.5. The third-order valence-corrected chi connectivity index (χ3v) is 5.03. The van der Waals surface area contributed by atoms with Gasteiger partial charge in [0.15, 0.2) is 0 Å². The highest BCUT2D eigenvalue weighted by Gasteiger charge is 2.26. The fraction of sp³-hybridized carbons (Fsp3) is 0.538. The van der Waals surface area contributed by atoms with Gasteiger partial charge in [-0.25, -0.2) is 9.97 Å². The summed E-state index contributed by atoms with van der Waals surface area (Å²) in [4.78, 5) is 9.65. The summed E-state index contributed by atoms with van der Waals surface area (Å²) in [5.41, 5.74) is 0. The van der Waals surface area contributed by atoms with E-state index in [1.54, 1.807) is 17.7 Å². The molecule has 2 aromatic rings. The molecular weight excluding hydrogens is 266 g/mol. The quantitative estimate of drug-likeness (QED) is 0.867. The summed E-state index contributed by atoms with van der Waals surface area (Å²) in [5, 5.41) is 6.66. The van der Waals surface area contributed by atoms with Gasteiger partial charge in [-0.1, -0.05) is 6.42 Å². The van der Waals surface area contributed by atoms with Gasteiger partial charge in [0.1, 0.15) is 17.0 Å². The third kappa shape index (κ3) is 2.31. The van der Waals surface area contributed by atoms with Gasteiger partial charge < -0.3 is 5.32 Å². The van der Waals surface area contributed by atoms with Crippen molar-refractivity contribution in [3.8, 4) is 0 Å². The predicted molar refractivity (Wildman–Crippen MR) is 77.5 cm³/mol. The molecule has 0 aliphatic heterocycles. The molecular formula is C13H16ClN3S. The maximum Gasteiger partial charge on any atom is 0.138 e. The molecule has 1 aliphatic rings. The van der Waals surface area contributed by atoms with E-state index in [1.165, 1.54) is 19.3 Å². The lowest BCUT2D eigenvalue weighted by atomic mass is 9.98. The molecule has 3 nitrogen and oxygen atoms in total. The molecule has 0 bridgehead atoms.